The van der Waals surface area contributed by atoms with Crippen molar-refractivity contribution in [2.75, 3.05) is 0 Å². The van der Waals surface area contributed by atoms with E-state index in [2.05, 4.69) is 10.3 Å². The van der Waals surface area contributed by atoms with Crippen molar-refractivity contribution in [1.82, 2.24) is 10.3 Å². The molecular weight excluding hydrogens is 276 g/mol. The zero-order chi connectivity index (χ0) is 14.4. The highest BCUT2D eigenvalue weighted by Crippen LogP contribution is 2.09. The van der Waals surface area contributed by atoms with Crippen molar-refractivity contribution in [3.63, 3.8) is 0 Å². The van der Waals surface area contributed by atoms with Gasteiger partial charge in [0.25, 0.3) is 0 Å². The minimum absolute atomic E-state index is 0.151. The van der Waals surface area contributed by atoms with E-state index >= 15 is 0 Å². The van der Waals surface area contributed by atoms with E-state index in [-0.39, 0.29) is 18.0 Å². The summed E-state index contributed by atoms with van der Waals surface area (Å²) in [6.45, 7) is 0.189. The number of thiophene rings is 1. The number of carbonyl (C=O) groups is 2. The Morgan fingerprint density at radius 2 is 2.25 bits per heavy atom. The summed E-state index contributed by atoms with van der Waals surface area (Å²) in [5.74, 6) is -1.27. The first-order valence-electron chi connectivity index (χ1n) is 5.83. The third-order valence-corrected chi connectivity index (χ3v) is 3.29. The number of carboxylic acid groups (broad SMARTS) is 1. The van der Waals surface area contributed by atoms with E-state index < -0.39 is 5.97 Å². The Bertz CT molecular complexity index is 636. The summed E-state index contributed by atoms with van der Waals surface area (Å²) in [4.78, 5) is 27.4. The standard InChI is InChI=1S/C14H12N2O3S/c17-13(4-3-12-2-1-7-20-12)16-9-11-8-10(14(18)19)5-6-15-11/h1-8H,9H2,(H,16,17)(H,18,19)/b4-3+. The Balaban J connectivity index is 1.90. The molecule has 0 aliphatic rings. The quantitative estimate of drug-likeness (QED) is 0.826. The molecule has 0 atom stereocenters. The molecule has 0 saturated heterocycles. The second kappa shape index (κ2) is 6.63. The van der Waals surface area contributed by atoms with E-state index in [9.17, 15) is 9.59 Å². The van der Waals surface area contributed by atoms with Gasteiger partial charge in [0.05, 0.1) is 17.8 Å². The number of hydrogen-bond donors (Lipinski definition) is 2. The molecule has 0 aromatic carbocycles. The molecule has 0 unspecified atom stereocenters. The molecule has 2 N–H and O–H groups in total. The molecule has 5 nitrogen and oxygen atoms in total. The predicted molar refractivity (Wildman–Crippen MR) is 76.4 cm³/mol. The van der Waals surface area contributed by atoms with Crippen molar-refractivity contribution in [2.24, 2.45) is 0 Å². The van der Waals surface area contributed by atoms with Crippen molar-refractivity contribution in [3.05, 3.63) is 58.1 Å². The maximum absolute atomic E-state index is 11.6. The fourth-order valence-corrected chi connectivity index (χ4v) is 2.11. The minimum Gasteiger partial charge on any atom is -0.478 e. The molecule has 2 aromatic heterocycles. The fraction of sp³-hybridized carbons (Fsp3) is 0.0714. The molecule has 0 spiro atoms. The average Bonchev–Trinajstić information content (AvgIpc) is 2.96. The van der Waals surface area contributed by atoms with Crippen LogP contribution in [0.2, 0.25) is 0 Å². The number of carboxylic acids is 1. The molecule has 0 radical (unpaired) electrons. The van der Waals surface area contributed by atoms with Crippen molar-refractivity contribution in [2.45, 2.75) is 6.54 Å². The van der Waals surface area contributed by atoms with Gasteiger partial charge in [0.1, 0.15) is 0 Å². The van der Waals surface area contributed by atoms with Gasteiger partial charge < -0.3 is 10.4 Å². The van der Waals surface area contributed by atoms with Crippen LogP contribution in [0.1, 0.15) is 20.9 Å². The van der Waals surface area contributed by atoms with Crippen LogP contribution in [-0.2, 0) is 11.3 Å². The number of pyridine rings is 1. The van der Waals surface area contributed by atoms with Crippen LogP contribution in [0.3, 0.4) is 0 Å². The lowest BCUT2D eigenvalue weighted by atomic mass is 10.2. The summed E-state index contributed by atoms with van der Waals surface area (Å²) >= 11 is 1.54. The molecule has 2 rings (SSSR count). The highest BCUT2D eigenvalue weighted by molar-refractivity contribution is 7.10. The van der Waals surface area contributed by atoms with Crippen LogP contribution in [-0.4, -0.2) is 22.0 Å². The highest BCUT2D eigenvalue weighted by Gasteiger charge is 2.04. The number of aromatic nitrogens is 1. The van der Waals surface area contributed by atoms with Gasteiger partial charge in [-0.2, -0.15) is 0 Å². The predicted octanol–water partition coefficient (Wildman–Crippen LogP) is 2.17. The van der Waals surface area contributed by atoms with Crippen molar-refractivity contribution >= 4 is 29.3 Å². The summed E-state index contributed by atoms with van der Waals surface area (Å²) in [5.41, 5.74) is 0.654. The van der Waals surface area contributed by atoms with E-state index in [0.29, 0.717) is 5.69 Å². The molecule has 1 amide bonds. The Hall–Kier alpha value is -2.47. The van der Waals surface area contributed by atoms with Crippen LogP contribution < -0.4 is 5.32 Å². The van der Waals surface area contributed by atoms with Crippen LogP contribution in [0.15, 0.2) is 41.9 Å². The molecule has 6 heteroatoms. The van der Waals surface area contributed by atoms with Gasteiger partial charge in [-0.25, -0.2) is 4.79 Å². The van der Waals surface area contributed by atoms with E-state index in [1.165, 1.54) is 24.4 Å². The second-order valence-electron chi connectivity index (χ2n) is 3.91. The number of hydrogen-bond acceptors (Lipinski definition) is 4. The topological polar surface area (TPSA) is 79.3 Å². The van der Waals surface area contributed by atoms with Crippen LogP contribution in [0.4, 0.5) is 0 Å². The van der Waals surface area contributed by atoms with E-state index in [1.54, 1.807) is 17.4 Å². The maximum atomic E-state index is 11.6. The van der Waals surface area contributed by atoms with Gasteiger partial charge in [0, 0.05) is 17.2 Å². The normalized spacial score (nSPS) is 10.6. The van der Waals surface area contributed by atoms with E-state index in [4.69, 9.17) is 5.11 Å². The summed E-state index contributed by atoms with van der Waals surface area (Å²) < 4.78 is 0. The lowest BCUT2D eigenvalue weighted by Gasteiger charge is -2.02. The number of nitrogens with one attached hydrogen (secondary N) is 1. The van der Waals surface area contributed by atoms with E-state index in [0.717, 1.165) is 4.88 Å². The monoisotopic (exact) mass is 288 g/mol. The summed E-state index contributed by atoms with van der Waals surface area (Å²) in [6.07, 6.45) is 4.57. The lowest BCUT2D eigenvalue weighted by Crippen LogP contribution is -2.21. The largest absolute Gasteiger partial charge is 0.478 e. The minimum atomic E-state index is -1.02. The first-order chi connectivity index (χ1) is 9.65. The Morgan fingerprint density at radius 3 is 2.95 bits per heavy atom. The zero-order valence-corrected chi connectivity index (χ0v) is 11.3. The molecule has 2 heterocycles. The van der Waals surface area contributed by atoms with Gasteiger partial charge in [-0.1, -0.05) is 6.07 Å². The molecule has 0 saturated carbocycles. The Kier molecular flexibility index (Phi) is 4.62. The Morgan fingerprint density at radius 1 is 1.40 bits per heavy atom. The van der Waals surface area contributed by atoms with Crippen molar-refractivity contribution in [1.29, 1.82) is 0 Å². The van der Waals surface area contributed by atoms with Gasteiger partial charge >= 0.3 is 5.97 Å². The van der Waals surface area contributed by atoms with Crippen LogP contribution in [0.25, 0.3) is 6.08 Å². The fourth-order valence-electron chi connectivity index (χ4n) is 1.49. The number of rotatable bonds is 5. The maximum Gasteiger partial charge on any atom is 0.335 e. The first-order valence-corrected chi connectivity index (χ1v) is 6.71. The average molecular weight is 288 g/mol. The molecule has 102 valence electrons. The number of amides is 1. The SMILES string of the molecule is O=C(/C=C/c1cccs1)NCc1cc(C(=O)O)ccn1. The van der Waals surface area contributed by atoms with Gasteiger partial charge in [0.2, 0.25) is 5.91 Å². The molecular formula is C14H12N2O3S. The molecule has 0 aliphatic carbocycles. The van der Waals surface area contributed by atoms with Crippen molar-refractivity contribution in [3.8, 4) is 0 Å². The zero-order valence-electron chi connectivity index (χ0n) is 10.4. The third kappa shape index (κ3) is 4.03. The number of carbonyl (C=O) groups excluding carboxylic acids is 1. The third-order valence-electron chi connectivity index (χ3n) is 2.45. The number of aromatic carboxylic acids is 1. The number of nitrogens with zero attached hydrogens (tertiary/aromatic N) is 1. The van der Waals surface area contributed by atoms with Gasteiger partial charge in [0.15, 0.2) is 0 Å². The second-order valence-corrected chi connectivity index (χ2v) is 4.89. The first kappa shape index (κ1) is 14.0. The van der Waals surface area contributed by atoms with Crippen LogP contribution in [0.5, 0.6) is 0 Å². The molecule has 0 bridgehead atoms. The Labute approximate surface area is 119 Å². The van der Waals surface area contributed by atoms with E-state index in [1.807, 2.05) is 17.5 Å². The summed E-state index contributed by atoms with van der Waals surface area (Å²) in [6, 6.07) is 6.66. The smallest absolute Gasteiger partial charge is 0.335 e. The molecule has 0 aliphatic heterocycles. The van der Waals surface area contributed by atoms with Crippen LogP contribution >= 0.6 is 11.3 Å². The molecule has 20 heavy (non-hydrogen) atoms. The van der Waals surface area contributed by atoms with Gasteiger partial charge in [-0.3, -0.25) is 9.78 Å². The lowest BCUT2D eigenvalue weighted by molar-refractivity contribution is -0.116. The summed E-state index contributed by atoms with van der Waals surface area (Å²) in [5, 5.41) is 13.4. The van der Waals surface area contributed by atoms with Crippen LogP contribution in [0, 0.1) is 0 Å². The summed E-state index contributed by atoms with van der Waals surface area (Å²) in [7, 11) is 0. The van der Waals surface area contributed by atoms with Gasteiger partial charge in [-0.05, 0) is 29.7 Å². The van der Waals surface area contributed by atoms with Gasteiger partial charge in [-0.15, -0.1) is 11.3 Å². The highest BCUT2D eigenvalue weighted by atomic mass is 32.1. The molecule has 2 aromatic rings. The van der Waals surface area contributed by atoms with Crippen molar-refractivity contribution < 1.29 is 14.7 Å². The molecule has 0 fully saturated rings.